The lowest BCUT2D eigenvalue weighted by molar-refractivity contribution is -0.136. The topological polar surface area (TPSA) is 234 Å². The number of sulfone groups is 3. The fourth-order valence-electron chi connectivity index (χ4n) is 17.9. The number of hydrogen-bond donors (Lipinski definition) is 3. The molecule has 12 aromatic carbocycles. The summed E-state index contributed by atoms with van der Waals surface area (Å²) in [7, 11) is -10.9. The maximum atomic E-state index is 15.1. The second-order valence-electron chi connectivity index (χ2n) is 39.4. The third-order valence-electron chi connectivity index (χ3n) is 25.7. The lowest BCUT2D eigenvalue weighted by Crippen LogP contribution is -2.26. The SMILES string of the molecule is CCc1c(F)cc(-c2ccc(-n3cc(C(C)(C)O)nc3C(C)(C)c3c(Cl)cccc3Cl)c(Cl)c2)cc1S(C)(=O)=O.CCc1c(F)cc(-c2ccc(-n3cc(C(C)(C)O)nc3C(C)(C)c3c(F)cccc3Cl)c(C)c2)cc1S(C)(=O)=O.CCc1c(F)cc(-c2ccc(-n3cc(C(C)(C)O)nc3C(C)(C)c3ccccc3F)cc2)cc1S(C)(=O)=O.Cc1ccc(Cn2nc3c(C(F)(F)F)cccc3c2-c2ccc(F)cc2)c(Cl)c1. The van der Waals surface area contributed by atoms with Crippen LogP contribution in [-0.4, -0.2) is 97.8 Å². The zero-order chi connectivity index (χ0) is 108. The monoisotopic (exact) mass is 2160 g/mol. The molecule has 0 aliphatic rings. The predicted octanol–water partition coefficient (Wildman–Crippen LogP) is 28.7. The number of halogens is 14. The van der Waals surface area contributed by atoms with E-state index in [-0.39, 0.29) is 79.1 Å². The van der Waals surface area contributed by atoms with Crippen molar-refractivity contribution < 1.29 is 80.1 Å². The molecule has 147 heavy (non-hydrogen) atoms. The molecule has 0 fully saturated rings. The fourth-order valence-corrected chi connectivity index (χ4v) is 22.8. The van der Waals surface area contributed by atoms with Gasteiger partial charge in [-0.2, -0.15) is 18.3 Å². The van der Waals surface area contributed by atoms with Gasteiger partial charge in [0.2, 0.25) is 0 Å². The Hall–Kier alpha value is -11.7. The molecule has 0 unspecified atom stereocenters. The zero-order valence-electron chi connectivity index (χ0n) is 84.2. The molecule has 0 aliphatic heterocycles. The summed E-state index contributed by atoms with van der Waals surface area (Å²) in [6.45, 7) is 30.1. The normalized spacial score (nSPS) is 12.5. The minimum absolute atomic E-state index is 0.0163. The zero-order valence-corrected chi connectivity index (χ0v) is 90.5. The lowest BCUT2D eigenvalue weighted by Gasteiger charge is -2.28. The van der Waals surface area contributed by atoms with Crippen molar-refractivity contribution in [3.05, 3.63) is 387 Å². The van der Waals surface area contributed by atoms with Crippen LogP contribution in [0.1, 0.15) is 194 Å². The number of benzene rings is 12. The summed E-state index contributed by atoms with van der Waals surface area (Å²) in [6.07, 6.45) is 4.58. The van der Waals surface area contributed by atoms with Crippen LogP contribution < -0.4 is 0 Å². The summed E-state index contributed by atoms with van der Waals surface area (Å²) in [5.74, 6) is -1.45. The Morgan fingerprint density at radius 1 is 0.361 bits per heavy atom. The van der Waals surface area contributed by atoms with Crippen molar-refractivity contribution in [3.63, 3.8) is 0 Å². The van der Waals surface area contributed by atoms with E-state index in [0.29, 0.717) is 133 Å². The smallest absolute Gasteiger partial charge is 0.384 e. The molecular weight excluding hydrogens is 2060 g/mol. The number of fused-ring (bicyclic) bond motifs is 1. The Balaban J connectivity index is 0.000000165. The Morgan fingerprint density at radius 3 is 1.19 bits per heavy atom. The van der Waals surface area contributed by atoms with Crippen molar-refractivity contribution in [1.29, 1.82) is 0 Å². The molecule has 17 nitrogen and oxygen atoms in total. The molecule has 3 N–H and O–H groups in total. The highest BCUT2D eigenvalue weighted by molar-refractivity contribution is 7.91. The number of nitrogens with zero attached hydrogens (tertiary/aromatic N) is 8. The van der Waals surface area contributed by atoms with Gasteiger partial charge in [0, 0.05) is 113 Å². The standard InChI is InChI=1S/C31H33ClF2N2O3S.C30H30Cl3FN2O3S.C30H32F2N2O3S.C22H15ClF4N2/c1-8-21-24(34)15-20(16-26(21)40(7,38)39)19-12-13-25(18(2)14-19)36-17-27(31(5,6)37)35-29(36)30(3,4)28-22(32)10-9-11-23(28)33;1-7-19-23(34)14-18(15-25(19)40(6,38)39)17-11-12-24(22(33)13-17)36-16-26(30(4,5)37)35-28(36)29(2,3)27-20(31)9-8-10-21(27)32;1-7-22-25(32)16-20(17-26(22)38(6,36)37)19-12-14-21(15-13-19)34-18-27(30(4,5)35)33-28(34)29(2,3)23-10-8-9-11-24(23)31;1-13-5-6-15(19(23)11-13)12-29-21(14-7-9-16(24)10-8-14)17-3-2-4-18(20(17)28-29)22(25,26)27/h9-17,37H,8H2,1-7H3;8-16,37H,7H2,1-6H3;8-18,35H,7H2,1-6H3;2-11H,12H2,1H3. The number of imidazole rings is 3. The minimum atomic E-state index is -4.54. The van der Waals surface area contributed by atoms with Crippen LogP contribution >= 0.6 is 58.0 Å². The Kier molecular flexibility index (Phi) is 32.7. The Labute approximate surface area is 875 Å². The molecule has 0 radical (unpaired) electrons. The molecular formula is C113H110Cl5F9N8O9S3. The molecule has 16 aromatic rings. The van der Waals surface area contributed by atoms with Gasteiger partial charge in [0.05, 0.1) is 76.5 Å². The first-order valence-electron chi connectivity index (χ1n) is 46.6. The third-order valence-corrected chi connectivity index (χ3v) is 30.7. The Bertz CT molecular complexity index is 7830. The van der Waals surface area contributed by atoms with Crippen LogP contribution in [-0.2, 0) is 94.5 Å². The quantitative estimate of drug-likeness (QED) is 0.0478. The molecule has 0 amide bonds. The van der Waals surface area contributed by atoms with Crippen LogP contribution in [0.15, 0.2) is 252 Å². The van der Waals surface area contributed by atoms with Gasteiger partial charge in [-0.05, 0) is 306 Å². The first-order valence-corrected chi connectivity index (χ1v) is 54.2. The number of rotatable bonds is 24. The van der Waals surface area contributed by atoms with E-state index >= 15 is 4.39 Å². The van der Waals surface area contributed by atoms with E-state index in [9.17, 15) is 75.7 Å². The van der Waals surface area contributed by atoms with E-state index in [1.54, 1.807) is 199 Å². The molecule has 4 aromatic heterocycles. The van der Waals surface area contributed by atoms with Crippen LogP contribution in [0.25, 0.3) is 72.6 Å². The van der Waals surface area contributed by atoms with Crippen LogP contribution in [0.3, 0.4) is 0 Å². The van der Waals surface area contributed by atoms with Gasteiger partial charge in [0.15, 0.2) is 29.5 Å². The molecule has 0 bridgehead atoms. The number of aliphatic hydroxyl groups is 3. The van der Waals surface area contributed by atoms with Gasteiger partial charge in [-0.15, -0.1) is 0 Å². The molecule has 16 rings (SSSR count). The summed E-state index contributed by atoms with van der Waals surface area (Å²) in [5, 5.41) is 38.9. The van der Waals surface area contributed by atoms with Crippen LogP contribution in [0.2, 0.25) is 25.1 Å². The third kappa shape index (κ3) is 24.1. The van der Waals surface area contributed by atoms with Crippen molar-refractivity contribution in [2.45, 2.75) is 197 Å². The van der Waals surface area contributed by atoms with Crippen molar-refractivity contribution in [2.75, 3.05) is 18.8 Å². The van der Waals surface area contributed by atoms with E-state index in [4.69, 9.17) is 73.0 Å². The maximum absolute atomic E-state index is 15.1. The van der Waals surface area contributed by atoms with Gasteiger partial charge in [-0.1, -0.05) is 158 Å². The molecule has 34 heteroatoms. The first kappa shape index (κ1) is 112. The van der Waals surface area contributed by atoms with Gasteiger partial charge in [0.25, 0.3) is 0 Å². The summed E-state index contributed by atoms with van der Waals surface area (Å²) in [4.78, 5) is 14.2. The van der Waals surface area contributed by atoms with Gasteiger partial charge in [0.1, 0.15) is 74.7 Å². The van der Waals surface area contributed by atoms with E-state index < -0.39 is 103 Å². The first-order chi connectivity index (χ1) is 68.3. The predicted molar refractivity (Wildman–Crippen MR) is 566 cm³/mol. The van der Waals surface area contributed by atoms with Crippen LogP contribution in [0, 0.1) is 48.8 Å². The second kappa shape index (κ2) is 42.7. The van der Waals surface area contributed by atoms with Crippen LogP contribution in [0.5, 0.6) is 0 Å². The van der Waals surface area contributed by atoms with E-state index in [1.807, 2.05) is 84.2 Å². The summed E-state index contributed by atoms with van der Waals surface area (Å²) < 4.78 is 210. The number of hydrogen-bond acceptors (Lipinski definition) is 13. The molecule has 772 valence electrons. The number of aryl methyl sites for hydroxylation is 2. The van der Waals surface area contributed by atoms with E-state index in [1.165, 1.54) is 83.5 Å². The largest absolute Gasteiger partial charge is 0.418 e. The second-order valence-corrected chi connectivity index (χ2v) is 47.4. The van der Waals surface area contributed by atoms with E-state index in [0.717, 1.165) is 41.5 Å². The summed E-state index contributed by atoms with van der Waals surface area (Å²) in [6, 6.07) is 57.5. The van der Waals surface area contributed by atoms with Crippen molar-refractivity contribution in [3.8, 4) is 61.7 Å². The number of aromatic nitrogens is 8. The van der Waals surface area contributed by atoms with Crippen molar-refractivity contribution in [1.82, 2.24) is 38.4 Å². The van der Waals surface area contributed by atoms with Gasteiger partial charge in [-0.25, -0.2) is 66.5 Å². The average molecular weight is 2170 g/mol. The minimum Gasteiger partial charge on any atom is -0.384 e. The molecule has 0 saturated heterocycles. The van der Waals surface area contributed by atoms with E-state index in [2.05, 4.69) is 5.10 Å². The molecule has 0 aliphatic carbocycles. The highest BCUT2D eigenvalue weighted by atomic mass is 35.5. The number of alkyl halides is 3. The average Bonchev–Trinajstić information content (AvgIpc) is 1.60. The van der Waals surface area contributed by atoms with Crippen LogP contribution in [0.4, 0.5) is 39.5 Å². The molecule has 0 atom stereocenters. The molecule has 0 spiro atoms. The lowest BCUT2D eigenvalue weighted by atomic mass is 9.83. The maximum Gasteiger partial charge on any atom is 0.418 e. The molecule has 0 saturated carbocycles. The van der Waals surface area contributed by atoms with Crippen molar-refractivity contribution >= 4 is 98.4 Å². The summed E-state index contributed by atoms with van der Waals surface area (Å²) in [5.41, 5.74) is 4.27. The fraction of sp³-hybridized carbons (Fsp3) is 0.274. The van der Waals surface area contributed by atoms with Gasteiger partial charge >= 0.3 is 6.18 Å². The summed E-state index contributed by atoms with van der Waals surface area (Å²) >= 11 is 32.8. The van der Waals surface area contributed by atoms with Crippen molar-refractivity contribution in [2.24, 2.45) is 0 Å². The molecule has 4 heterocycles. The van der Waals surface area contributed by atoms with Gasteiger partial charge in [-0.3, -0.25) is 4.68 Å². The Morgan fingerprint density at radius 2 is 0.755 bits per heavy atom. The van der Waals surface area contributed by atoms with Gasteiger partial charge < -0.3 is 29.0 Å². The highest BCUT2D eigenvalue weighted by Gasteiger charge is 2.41. The highest BCUT2D eigenvalue weighted by Crippen LogP contribution is 2.48.